The normalized spacial score (nSPS) is 18.4. The van der Waals surface area contributed by atoms with Crippen molar-refractivity contribution in [2.75, 3.05) is 13.2 Å². The quantitative estimate of drug-likeness (QED) is 0.841. The number of aliphatic hydroxyl groups is 1. The number of benzene rings is 1. The van der Waals surface area contributed by atoms with Gasteiger partial charge in [-0.15, -0.1) is 0 Å². The Morgan fingerprint density at radius 3 is 2.57 bits per heavy atom. The Balaban J connectivity index is 2.25. The lowest BCUT2D eigenvalue weighted by molar-refractivity contribution is -0.121. The fourth-order valence-corrected chi connectivity index (χ4v) is 2.67. The predicted molar refractivity (Wildman–Crippen MR) is 82.5 cm³/mol. The smallest absolute Gasteiger partial charge is 0.303 e. The van der Waals surface area contributed by atoms with Gasteiger partial charge in [-0.05, 0) is 12.1 Å². The van der Waals surface area contributed by atoms with Gasteiger partial charge in [0.15, 0.2) is 12.4 Å². The van der Waals surface area contributed by atoms with Crippen molar-refractivity contribution in [1.82, 2.24) is 5.43 Å². The molecule has 1 unspecified atom stereocenters. The maximum Gasteiger partial charge on any atom is 0.303 e. The van der Waals surface area contributed by atoms with E-state index in [0.29, 0.717) is 11.3 Å². The minimum absolute atomic E-state index is 0.0352. The van der Waals surface area contributed by atoms with Crippen LogP contribution in [0.1, 0.15) is 18.9 Å². The first-order chi connectivity index (χ1) is 10.7. The third-order valence-electron chi connectivity index (χ3n) is 3.21. The van der Waals surface area contributed by atoms with Gasteiger partial charge in [0.05, 0.1) is 15.8 Å². The molecule has 1 aliphatic heterocycles. The monoisotopic (exact) mass is 366 g/mol. The number of alkyl halides is 2. The van der Waals surface area contributed by atoms with Crippen LogP contribution >= 0.6 is 23.2 Å². The Morgan fingerprint density at radius 1 is 1.43 bits per heavy atom. The third-order valence-corrected chi connectivity index (χ3v) is 3.77. The molecule has 1 aromatic carbocycles. The van der Waals surface area contributed by atoms with Crippen LogP contribution in [-0.4, -0.2) is 35.9 Å². The molecule has 0 saturated heterocycles. The van der Waals surface area contributed by atoms with Crippen LogP contribution < -0.4 is 10.2 Å². The van der Waals surface area contributed by atoms with Gasteiger partial charge in [0.2, 0.25) is 5.91 Å². The summed E-state index contributed by atoms with van der Waals surface area (Å²) in [5, 5.41) is 12.6. The largest absolute Gasteiger partial charge is 0.484 e. The number of amides is 1. The molecule has 0 saturated carbocycles. The predicted octanol–water partition coefficient (Wildman–Crippen LogP) is 2.86. The van der Waals surface area contributed by atoms with Gasteiger partial charge in [0.1, 0.15) is 6.61 Å². The number of carbonyl (C=O) groups excluding carboxylic acids is 1. The van der Waals surface area contributed by atoms with Crippen LogP contribution in [-0.2, 0) is 4.79 Å². The molecule has 5 nitrogen and oxygen atoms in total. The van der Waals surface area contributed by atoms with Crippen molar-refractivity contribution in [3.63, 3.8) is 0 Å². The molecule has 0 aliphatic carbocycles. The molecule has 2 N–H and O–H groups in total. The van der Waals surface area contributed by atoms with Crippen LogP contribution in [0, 0.1) is 5.92 Å². The molecule has 0 radical (unpaired) electrons. The Bertz CT molecular complexity index is 630. The average molecular weight is 367 g/mol. The molecule has 1 aliphatic rings. The topological polar surface area (TPSA) is 70.9 Å². The van der Waals surface area contributed by atoms with E-state index >= 15 is 0 Å². The Labute approximate surface area is 141 Å². The lowest BCUT2D eigenvalue weighted by Crippen LogP contribution is -2.32. The Kier molecular flexibility index (Phi) is 5.44. The maximum atomic E-state index is 13.0. The molecular weight excluding hydrogens is 353 g/mol. The average Bonchev–Trinajstić information content (AvgIpc) is 2.46. The highest BCUT2D eigenvalue weighted by Gasteiger charge is 2.30. The van der Waals surface area contributed by atoms with Crippen LogP contribution in [0.2, 0.25) is 10.0 Å². The van der Waals surface area contributed by atoms with E-state index in [4.69, 9.17) is 33.0 Å². The van der Waals surface area contributed by atoms with Gasteiger partial charge < -0.3 is 9.84 Å². The van der Waals surface area contributed by atoms with E-state index in [0.717, 1.165) is 0 Å². The highest BCUT2D eigenvalue weighted by Crippen LogP contribution is 2.36. The molecule has 1 amide bonds. The highest BCUT2D eigenvalue weighted by atomic mass is 35.5. The van der Waals surface area contributed by atoms with Crippen LogP contribution in [0.4, 0.5) is 8.78 Å². The molecule has 23 heavy (non-hydrogen) atoms. The van der Waals surface area contributed by atoms with Crippen molar-refractivity contribution >= 4 is 34.8 Å². The maximum absolute atomic E-state index is 13.0. The van der Waals surface area contributed by atoms with Gasteiger partial charge in [0, 0.05) is 17.9 Å². The van der Waals surface area contributed by atoms with E-state index in [1.165, 1.54) is 12.1 Å². The summed E-state index contributed by atoms with van der Waals surface area (Å²) in [5.74, 6) is -3.82. The zero-order chi connectivity index (χ0) is 17.2. The number of hydrazone groups is 1. The molecule has 0 fully saturated rings. The van der Waals surface area contributed by atoms with E-state index < -0.39 is 19.1 Å². The summed E-state index contributed by atoms with van der Waals surface area (Å²) in [6.45, 7) is -0.560. The summed E-state index contributed by atoms with van der Waals surface area (Å²) in [6, 6.07) is 2.96. The van der Waals surface area contributed by atoms with Crippen molar-refractivity contribution in [1.29, 1.82) is 0 Å². The summed E-state index contributed by atoms with van der Waals surface area (Å²) < 4.78 is 31.0. The Morgan fingerprint density at radius 2 is 2.04 bits per heavy atom. The van der Waals surface area contributed by atoms with Gasteiger partial charge in [-0.2, -0.15) is 5.10 Å². The second-order valence-electron chi connectivity index (χ2n) is 5.21. The molecule has 1 atom stereocenters. The van der Waals surface area contributed by atoms with Crippen LogP contribution in [0.15, 0.2) is 17.2 Å². The molecule has 0 bridgehead atoms. The molecular formula is C14H14Cl2F2N2O3. The SMILES string of the molecule is CC1CC(=O)NN=C1c1cc(Cl)c(OCC(F)(F)CO)c(Cl)c1. The first-order valence-electron chi connectivity index (χ1n) is 6.71. The summed E-state index contributed by atoms with van der Waals surface area (Å²) >= 11 is 12.1. The second-order valence-corrected chi connectivity index (χ2v) is 6.02. The van der Waals surface area contributed by atoms with Gasteiger partial charge in [-0.25, -0.2) is 14.2 Å². The van der Waals surface area contributed by atoms with Crippen LogP contribution in [0.3, 0.4) is 0 Å². The minimum Gasteiger partial charge on any atom is -0.484 e. The molecule has 1 aromatic rings. The van der Waals surface area contributed by atoms with Crippen molar-refractivity contribution in [3.8, 4) is 5.75 Å². The number of halogens is 4. The number of nitrogens with one attached hydrogen (secondary N) is 1. The van der Waals surface area contributed by atoms with Gasteiger partial charge in [-0.3, -0.25) is 4.79 Å². The van der Waals surface area contributed by atoms with Crippen LogP contribution in [0.25, 0.3) is 0 Å². The number of ether oxygens (including phenoxy) is 1. The summed E-state index contributed by atoms with van der Waals surface area (Å²) in [4.78, 5) is 11.3. The van der Waals surface area contributed by atoms with Crippen molar-refractivity contribution in [2.45, 2.75) is 19.3 Å². The molecule has 0 spiro atoms. The zero-order valence-corrected chi connectivity index (χ0v) is 13.6. The Hall–Kier alpha value is -1.44. The summed E-state index contributed by atoms with van der Waals surface area (Å²) in [6.07, 6.45) is 0.273. The van der Waals surface area contributed by atoms with Gasteiger partial charge in [0.25, 0.3) is 0 Å². The van der Waals surface area contributed by atoms with Crippen LogP contribution in [0.5, 0.6) is 5.75 Å². The highest BCUT2D eigenvalue weighted by molar-refractivity contribution is 6.37. The van der Waals surface area contributed by atoms with E-state index in [1.807, 2.05) is 6.92 Å². The minimum atomic E-state index is -3.39. The molecule has 126 valence electrons. The molecule has 9 heteroatoms. The summed E-state index contributed by atoms with van der Waals surface area (Å²) in [5.41, 5.74) is 3.52. The molecule has 2 rings (SSSR count). The first-order valence-corrected chi connectivity index (χ1v) is 7.46. The number of nitrogens with zero attached hydrogens (tertiary/aromatic N) is 1. The lowest BCUT2D eigenvalue weighted by Gasteiger charge is -2.21. The fraction of sp³-hybridized carbons (Fsp3) is 0.429. The second kappa shape index (κ2) is 6.98. The van der Waals surface area contributed by atoms with E-state index in [1.54, 1.807) is 0 Å². The summed E-state index contributed by atoms with van der Waals surface area (Å²) in [7, 11) is 0. The number of aliphatic hydroxyl groups excluding tert-OH is 1. The van der Waals surface area contributed by atoms with E-state index in [-0.39, 0.29) is 34.0 Å². The zero-order valence-electron chi connectivity index (χ0n) is 12.1. The number of rotatable bonds is 5. The first kappa shape index (κ1) is 17.9. The third kappa shape index (κ3) is 4.31. The lowest BCUT2D eigenvalue weighted by atomic mass is 9.94. The number of hydrogen-bond donors (Lipinski definition) is 2. The molecule has 1 heterocycles. The van der Waals surface area contributed by atoms with E-state index in [9.17, 15) is 13.6 Å². The molecule has 0 aromatic heterocycles. The van der Waals surface area contributed by atoms with Gasteiger partial charge in [-0.1, -0.05) is 30.1 Å². The van der Waals surface area contributed by atoms with Gasteiger partial charge >= 0.3 is 5.92 Å². The fourth-order valence-electron chi connectivity index (χ4n) is 2.07. The van der Waals surface area contributed by atoms with Crippen molar-refractivity contribution < 1.29 is 23.4 Å². The number of hydrogen-bond acceptors (Lipinski definition) is 4. The standard InChI is InChI=1S/C14H14Cl2F2N2O3/c1-7-2-11(22)19-20-12(7)8-3-9(15)13(10(16)4-8)23-6-14(17,18)5-21/h3-4,7,21H,2,5-6H2,1H3,(H,19,22). The number of carbonyl (C=O) groups is 1. The van der Waals surface area contributed by atoms with Crippen molar-refractivity contribution in [2.24, 2.45) is 11.0 Å². The van der Waals surface area contributed by atoms with Crippen molar-refractivity contribution in [3.05, 3.63) is 27.7 Å². The van der Waals surface area contributed by atoms with E-state index in [2.05, 4.69) is 10.5 Å².